The van der Waals surface area contributed by atoms with Gasteiger partial charge in [0.05, 0.1) is 4.88 Å². The van der Waals surface area contributed by atoms with E-state index in [1.807, 2.05) is 13.0 Å². The number of Topliss-reactive ketones (excluding diaryl/α,β-unsaturated/α-hetero) is 2. The minimum atomic E-state index is -4.58. The van der Waals surface area contributed by atoms with Crippen LogP contribution in [-0.2, 0) is 11.0 Å². The molecule has 2 heterocycles. The molecule has 0 amide bonds. The molecule has 0 atom stereocenters. The molecular weight excluding hydrogens is 445 g/mol. The molecule has 168 valence electrons. The number of nitrogens with zero attached hydrogens (tertiary/aromatic N) is 3. The van der Waals surface area contributed by atoms with E-state index < -0.39 is 11.9 Å². The van der Waals surface area contributed by atoms with E-state index in [1.165, 1.54) is 6.20 Å². The van der Waals surface area contributed by atoms with Gasteiger partial charge in [-0.05, 0) is 36.2 Å². The normalized spacial score (nSPS) is 11.4. The summed E-state index contributed by atoms with van der Waals surface area (Å²) in [6.45, 7) is 1.57. The van der Waals surface area contributed by atoms with E-state index in [-0.39, 0.29) is 48.4 Å². The summed E-state index contributed by atoms with van der Waals surface area (Å²) >= 11 is 1.16. The molecule has 0 aliphatic heterocycles. The van der Waals surface area contributed by atoms with Gasteiger partial charge < -0.3 is 10.4 Å². The Balaban J connectivity index is 1.77. The highest BCUT2D eigenvalue weighted by molar-refractivity contribution is 7.17. The topological polar surface area (TPSA) is 105 Å². The lowest BCUT2D eigenvalue weighted by molar-refractivity contribution is -0.141. The maximum atomic E-state index is 12.9. The van der Waals surface area contributed by atoms with Gasteiger partial charge in [-0.3, -0.25) is 9.59 Å². The maximum Gasteiger partial charge on any atom is 0.433 e. The van der Waals surface area contributed by atoms with Crippen molar-refractivity contribution in [2.75, 3.05) is 11.9 Å². The number of hydrogen-bond donors (Lipinski definition) is 2. The zero-order valence-electron chi connectivity index (χ0n) is 16.9. The van der Waals surface area contributed by atoms with Crippen LogP contribution in [0.15, 0.2) is 36.7 Å². The SMILES string of the molecule is Cc1cc(Nc2nccc(C(F)(F)F)n2)cc(-c2cnc(C(=O)CCC(=O)CCO)s2)c1. The fourth-order valence-corrected chi connectivity index (χ4v) is 3.72. The highest BCUT2D eigenvalue weighted by atomic mass is 32.1. The van der Waals surface area contributed by atoms with Gasteiger partial charge >= 0.3 is 6.18 Å². The predicted molar refractivity (Wildman–Crippen MR) is 113 cm³/mol. The van der Waals surface area contributed by atoms with Crippen molar-refractivity contribution < 1.29 is 27.9 Å². The first-order valence-corrected chi connectivity index (χ1v) is 10.4. The highest BCUT2D eigenvalue weighted by Crippen LogP contribution is 2.32. The lowest BCUT2D eigenvalue weighted by Crippen LogP contribution is -2.10. The van der Waals surface area contributed by atoms with Crippen molar-refractivity contribution in [3.63, 3.8) is 0 Å². The Morgan fingerprint density at radius 3 is 2.62 bits per heavy atom. The van der Waals surface area contributed by atoms with Gasteiger partial charge in [0.15, 0.2) is 10.8 Å². The van der Waals surface area contributed by atoms with Crippen LogP contribution < -0.4 is 5.32 Å². The highest BCUT2D eigenvalue weighted by Gasteiger charge is 2.32. The summed E-state index contributed by atoms with van der Waals surface area (Å²) < 4.78 is 38.6. The Kier molecular flexibility index (Phi) is 7.31. The minimum Gasteiger partial charge on any atom is -0.396 e. The van der Waals surface area contributed by atoms with Gasteiger partial charge in [-0.1, -0.05) is 6.07 Å². The Hall–Kier alpha value is -3.18. The van der Waals surface area contributed by atoms with Gasteiger partial charge in [0, 0.05) is 44.0 Å². The second-order valence-corrected chi connectivity index (χ2v) is 7.97. The van der Waals surface area contributed by atoms with Crippen molar-refractivity contribution in [2.24, 2.45) is 0 Å². The number of carbonyl (C=O) groups excluding carboxylic acids is 2. The number of aryl methyl sites for hydroxylation is 1. The molecule has 0 aliphatic rings. The van der Waals surface area contributed by atoms with Crippen LogP contribution in [0.25, 0.3) is 10.4 Å². The van der Waals surface area contributed by atoms with E-state index in [0.29, 0.717) is 16.1 Å². The number of halogens is 3. The van der Waals surface area contributed by atoms with Crippen molar-refractivity contribution in [3.8, 4) is 10.4 Å². The largest absolute Gasteiger partial charge is 0.433 e. The monoisotopic (exact) mass is 464 g/mol. The summed E-state index contributed by atoms with van der Waals surface area (Å²) in [7, 11) is 0. The number of aromatic nitrogens is 3. The zero-order chi connectivity index (χ0) is 23.3. The number of nitrogens with one attached hydrogen (secondary N) is 1. The number of carbonyl (C=O) groups is 2. The molecule has 1 aromatic carbocycles. The predicted octanol–water partition coefficient (Wildman–Crippen LogP) is 4.59. The van der Waals surface area contributed by atoms with E-state index in [0.717, 1.165) is 29.2 Å². The van der Waals surface area contributed by atoms with Gasteiger partial charge in [0.2, 0.25) is 5.95 Å². The molecule has 2 N–H and O–H groups in total. The van der Waals surface area contributed by atoms with Gasteiger partial charge in [-0.25, -0.2) is 15.0 Å². The number of benzene rings is 1. The van der Waals surface area contributed by atoms with Crippen LogP contribution in [0.3, 0.4) is 0 Å². The van der Waals surface area contributed by atoms with Crippen molar-refractivity contribution >= 4 is 34.5 Å². The van der Waals surface area contributed by atoms with Crippen molar-refractivity contribution in [3.05, 3.63) is 52.9 Å². The molecule has 3 rings (SSSR count). The summed E-state index contributed by atoms with van der Waals surface area (Å²) in [4.78, 5) is 36.0. The number of rotatable bonds is 9. The number of anilines is 2. The van der Waals surface area contributed by atoms with E-state index in [2.05, 4.69) is 20.3 Å². The average Bonchev–Trinajstić information content (AvgIpc) is 3.22. The van der Waals surface area contributed by atoms with Gasteiger partial charge in [-0.2, -0.15) is 13.2 Å². The van der Waals surface area contributed by atoms with E-state index in [1.54, 1.807) is 12.1 Å². The lowest BCUT2D eigenvalue weighted by Gasteiger charge is -2.10. The molecule has 0 aliphatic carbocycles. The molecule has 7 nitrogen and oxygen atoms in total. The molecule has 0 bridgehead atoms. The van der Waals surface area contributed by atoms with E-state index >= 15 is 0 Å². The van der Waals surface area contributed by atoms with Gasteiger partial charge in [0.25, 0.3) is 0 Å². The third kappa shape index (κ3) is 6.17. The summed E-state index contributed by atoms with van der Waals surface area (Å²) in [5.74, 6) is -0.649. The second kappa shape index (κ2) is 9.96. The number of aliphatic hydroxyl groups excluding tert-OH is 1. The van der Waals surface area contributed by atoms with Crippen molar-refractivity contribution in [2.45, 2.75) is 32.4 Å². The standard InChI is InChI=1S/C21H19F3N4O3S/c1-12-8-13(17-11-26-19(32-17)16(31)3-2-15(30)5-7-29)10-14(9-12)27-20-25-6-4-18(28-20)21(22,23)24/h4,6,8-11,29H,2-3,5,7H2,1H3,(H,25,27,28). The molecule has 0 saturated carbocycles. The first-order chi connectivity index (χ1) is 15.2. The second-order valence-electron chi connectivity index (χ2n) is 6.94. The molecule has 0 unspecified atom stereocenters. The van der Waals surface area contributed by atoms with Crippen LogP contribution in [0, 0.1) is 6.92 Å². The molecule has 3 aromatic rings. The number of thiazole rings is 1. The van der Waals surface area contributed by atoms with Crippen LogP contribution in [-0.4, -0.2) is 38.2 Å². The molecule has 0 radical (unpaired) electrons. The molecule has 0 fully saturated rings. The first kappa shape index (κ1) is 23.5. The van der Waals surface area contributed by atoms with E-state index in [4.69, 9.17) is 5.11 Å². The lowest BCUT2D eigenvalue weighted by atomic mass is 10.1. The number of ketones is 2. The first-order valence-electron chi connectivity index (χ1n) is 9.56. The zero-order valence-corrected chi connectivity index (χ0v) is 17.8. The van der Waals surface area contributed by atoms with Crippen LogP contribution in [0.2, 0.25) is 0 Å². The quantitative estimate of drug-likeness (QED) is 0.447. The van der Waals surface area contributed by atoms with Crippen LogP contribution in [0.5, 0.6) is 0 Å². The summed E-state index contributed by atoms with van der Waals surface area (Å²) in [5, 5.41) is 11.8. The third-order valence-electron chi connectivity index (χ3n) is 4.33. The summed E-state index contributed by atoms with van der Waals surface area (Å²) in [5.41, 5.74) is 0.974. The van der Waals surface area contributed by atoms with Crippen LogP contribution in [0.4, 0.5) is 24.8 Å². The fourth-order valence-electron chi connectivity index (χ4n) is 2.85. The summed E-state index contributed by atoms with van der Waals surface area (Å²) in [6.07, 6.45) is -1.94. The molecule has 0 saturated heterocycles. The number of alkyl halides is 3. The number of aliphatic hydroxyl groups is 1. The third-order valence-corrected chi connectivity index (χ3v) is 5.42. The summed E-state index contributed by atoms with van der Waals surface area (Å²) in [6, 6.07) is 6.07. The van der Waals surface area contributed by atoms with Crippen molar-refractivity contribution in [1.82, 2.24) is 15.0 Å². The smallest absolute Gasteiger partial charge is 0.396 e. The van der Waals surface area contributed by atoms with Crippen molar-refractivity contribution in [1.29, 1.82) is 0 Å². The minimum absolute atomic E-state index is 0.0132. The number of hydrogen-bond acceptors (Lipinski definition) is 8. The maximum absolute atomic E-state index is 12.9. The Morgan fingerprint density at radius 2 is 1.91 bits per heavy atom. The average molecular weight is 464 g/mol. The molecule has 32 heavy (non-hydrogen) atoms. The molecule has 11 heteroatoms. The van der Waals surface area contributed by atoms with E-state index in [9.17, 15) is 22.8 Å². The Labute approximate surface area is 185 Å². The molecule has 0 spiro atoms. The molecular formula is C21H19F3N4O3S. The Bertz CT molecular complexity index is 1130. The van der Waals surface area contributed by atoms with Gasteiger partial charge in [0.1, 0.15) is 11.5 Å². The molecule has 2 aromatic heterocycles. The Morgan fingerprint density at radius 1 is 1.12 bits per heavy atom. The van der Waals surface area contributed by atoms with Gasteiger partial charge in [-0.15, -0.1) is 11.3 Å². The van der Waals surface area contributed by atoms with Crippen LogP contribution >= 0.6 is 11.3 Å². The van der Waals surface area contributed by atoms with Crippen LogP contribution in [0.1, 0.15) is 40.3 Å². The fraction of sp³-hybridized carbons (Fsp3) is 0.286.